The molecule has 1 aromatic heterocycles. The number of nitrogens with zero attached hydrogens (tertiary/aromatic N) is 2. The molecule has 2 aromatic rings. The van der Waals surface area contributed by atoms with E-state index in [1.54, 1.807) is 11.8 Å². The third-order valence-corrected chi connectivity index (χ3v) is 4.16. The van der Waals surface area contributed by atoms with E-state index in [9.17, 15) is 13.2 Å². The van der Waals surface area contributed by atoms with Crippen LogP contribution in [0.2, 0.25) is 0 Å². The topological polar surface area (TPSA) is 63.8 Å². The van der Waals surface area contributed by atoms with Crippen LogP contribution in [0, 0.1) is 0 Å². The molecule has 4 nitrogen and oxygen atoms in total. The molecule has 0 atom stereocenters. The first-order valence-corrected chi connectivity index (χ1v) is 7.26. The molecule has 110 valence electrons. The van der Waals surface area contributed by atoms with Gasteiger partial charge in [-0.3, -0.25) is 0 Å². The maximum Gasteiger partial charge on any atom is 0.416 e. The molecule has 0 bridgehead atoms. The van der Waals surface area contributed by atoms with Crippen LogP contribution >= 0.6 is 11.8 Å². The second kappa shape index (κ2) is 5.19. The highest BCUT2D eigenvalue weighted by Gasteiger charge is 2.30. The van der Waals surface area contributed by atoms with Crippen LogP contribution in [0.5, 0.6) is 0 Å². The normalized spacial score (nSPS) is 14.1. The molecule has 1 aromatic carbocycles. The minimum Gasteiger partial charge on any atom is -0.308 e. The van der Waals surface area contributed by atoms with E-state index in [0.717, 1.165) is 34.9 Å². The van der Waals surface area contributed by atoms with Crippen molar-refractivity contribution >= 4 is 17.6 Å². The van der Waals surface area contributed by atoms with E-state index in [1.807, 2.05) is 0 Å². The first-order valence-electron chi connectivity index (χ1n) is 6.11. The number of fused-ring (bicyclic) bond motifs is 1. The van der Waals surface area contributed by atoms with Crippen LogP contribution in [-0.2, 0) is 17.7 Å². The van der Waals surface area contributed by atoms with Gasteiger partial charge < -0.3 is 5.43 Å². The van der Waals surface area contributed by atoms with Crippen molar-refractivity contribution in [2.45, 2.75) is 17.7 Å². The summed E-state index contributed by atoms with van der Waals surface area (Å²) >= 11 is 1.70. The average molecular weight is 312 g/mol. The molecule has 0 spiro atoms. The Labute approximate surface area is 122 Å². The molecule has 3 rings (SSSR count). The van der Waals surface area contributed by atoms with E-state index in [4.69, 9.17) is 5.84 Å². The van der Waals surface area contributed by atoms with Crippen molar-refractivity contribution in [1.29, 1.82) is 0 Å². The van der Waals surface area contributed by atoms with Gasteiger partial charge in [0, 0.05) is 22.6 Å². The molecule has 0 aliphatic carbocycles. The molecule has 0 amide bonds. The molecule has 8 heteroatoms. The number of hydrogen-bond donors (Lipinski definition) is 2. The molecular weight excluding hydrogens is 301 g/mol. The fourth-order valence-corrected chi connectivity index (χ4v) is 3.15. The SMILES string of the molecule is NNc1nc(-c2ccc(C(F)(F)F)cc2)nc2c1CSC2. The lowest BCUT2D eigenvalue weighted by Gasteiger charge is -2.10. The molecule has 0 fully saturated rings. The number of aromatic nitrogens is 2. The first-order chi connectivity index (χ1) is 9.99. The van der Waals surface area contributed by atoms with Crippen molar-refractivity contribution in [3.8, 4) is 11.4 Å². The monoisotopic (exact) mass is 312 g/mol. The van der Waals surface area contributed by atoms with Crippen LogP contribution in [0.4, 0.5) is 19.0 Å². The maximum absolute atomic E-state index is 12.6. The van der Waals surface area contributed by atoms with Gasteiger partial charge >= 0.3 is 6.18 Å². The quantitative estimate of drug-likeness (QED) is 0.658. The van der Waals surface area contributed by atoms with Crippen LogP contribution in [0.3, 0.4) is 0 Å². The van der Waals surface area contributed by atoms with Crippen LogP contribution in [0.1, 0.15) is 16.8 Å². The highest BCUT2D eigenvalue weighted by Crippen LogP contribution is 2.35. The summed E-state index contributed by atoms with van der Waals surface area (Å²) < 4.78 is 37.7. The summed E-state index contributed by atoms with van der Waals surface area (Å²) in [4.78, 5) is 8.70. The molecule has 0 radical (unpaired) electrons. The van der Waals surface area contributed by atoms with Gasteiger partial charge in [-0.05, 0) is 12.1 Å². The van der Waals surface area contributed by atoms with Gasteiger partial charge in [-0.15, -0.1) is 0 Å². The predicted octanol–water partition coefficient (Wildman–Crippen LogP) is 3.19. The fourth-order valence-electron chi connectivity index (χ4n) is 2.11. The highest BCUT2D eigenvalue weighted by molar-refractivity contribution is 7.98. The summed E-state index contributed by atoms with van der Waals surface area (Å²) in [6.07, 6.45) is -4.35. The number of alkyl halides is 3. The van der Waals surface area contributed by atoms with Crippen LogP contribution in [0.25, 0.3) is 11.4 Å². The Morgan fingerprint density at radius 3 is 2.43 bits per heavy atom. The highest BCUT2D eigenvalue weighted by atomic mass is 32.2. The van der Waals surface area contributed by atoms with E-state index >= 15 is 0 Å². The third kappa shape index (κ3) is 2.68. The molecule has 1 aliphatic rings. The Bertz CT molecular complexity index is 670. The lowest BCUT2D eigenvalue weighted by Crippen LogP contribution is -2.12. The molecule has 0 saturated heterocycles. The Balaban J connectivity index is 2.01. The number of nitrogens with two attached hydrogens (primary N) is 1. The van der Waals surface area contributed by atoms with Crippen LogP contribution in [0.15, 0.2) is 24.3 Å². The second-order valence-electron chi connectivity index (χ2n) is 4.53. The molecule has 0 unspecified atom stereocenters. The van der Waals surface area contributed by atoms with Gasteiger partial charge in [0.2, 0.25) is 0 Å². The summed E-state index contributed by atoms with van der Waals surface area (Å²) in [6, 6.07) is 4.78. The number of hydrogen-bond acceptors (Lipinski definition) is 5. The van der Waals surface area contributed by atoms with Gasteiger partial charge in [0.05, 0.1) is 11.3 Å². The number of rotatable bonds is 2. The number of anilines is 1. The number of benzene rings is 1. The van der Waals surface area contributed by atoms with Crippen LogP contribution in [-0.4, -0.2) is 9.97 Å². The third-order valence-electron chi connectivity index (χ3n) is 3.19. The molecule has 0 saturated carbocycles. The Morgan fingerprint density at radius 1 is 1.10 bits per heavy atom. The molecule has 3 N–H and O–H groups in total. The van der Waals surface area contributed by atoms with E-state index < -0.39 is 11.7 Å². The van der Waals surface area contributed by atoms with Gasteiger partial charge in [0.25, 0.3) is 0 Å². The smallest absolute Gasteiger partial charge is 0.308 e. The largest absolute Gasteiger partial charge is 0.416 e. The maximum atomic E-state index is 12.6. The molecule has 1 aliphatic heterocycles. The van der Waals surface area contributed by atoms with Crippen molar-refractivity contribution in [1.82, 2.24) is 9.97 Å². The zero-order chi connectivity index (χ0) is 15.0. The van der Waals surface area contributed by atoms with E-state index in [1.165, 1.54) is 12.1 Å². The number of nitrogen functional groups attached to an aromatic ring is 1. The first kappa shape index (κ1) is 14.2. The zero-order valence-corrected chi connectivity index (χ0v) is 11.6. The zero-order valence-electron chi connectivity index (χ0n) is 10.7. The van der Waals surface area contributed by atoms with Crippen molar-refractivity contribution in [3.05, 3.63) is 41.1 Å². The number of hydrazine groups is 1. The second-order valence-corrected chi connectivity index (χ2v) is 5.52. The van der Waals surface area contributed by atoms with Gasteiger partial charge in [-0.1, -0.05) is 12.1 Å². The minimum atomic E-state index is -4.35. The summed E-state index contributed by atoms with van der Waals surface area (Å²) in [5.74, 6) is 7.88. The van der Waals surface area contributed by atoms with Crippen molar-refractivity contribution in [2.75, 3.05) is 5.43 Å². The fraction of sp³-hybridized carbons (Fsp3) is 0.231. The van der Waals surface area contributed by atoms with E-state index in [0.29, 0.717) is 17.2 Å². The molecule has 21 heavy (non-hydrogen) atoms. The van der Waals surface area contributed by atoms with E-state index in [-0.39, 0.29) is 0 Å². The van der Waals surface area contributed by atoms with Gasteiger partial charge in [0.15, 0.2) is 5.82 Å². The number of thioether (sulfide) groups is 1. The average Bonchev–Trinajstić information content (AvgIpc) is 2.93. The van der Waals surface area contributed by atoms with Crippen molar-refractivity contribution in [2.24, 2.45) is 5.84 Å². The Morgan fingerprint density at radius 2 is 1.81 bits per heavy atom. The Hall–Kier alpha value is -1.80. The molecule has 2 heterocycles. The lowest BCUT2D eigenvalue weighted by molar-refractivity contribution is -0.137. The summed E-state index contributed by atoms with van der Waals surface area (Å²) in [6.45, 7) is 0. The number of halogens is 3. The Kier molecular flexibility index (Phi) is 3.50. The summed E-state index contributed by atoms with van der Waals surface area (Å²) in [5.41, 5.74) is 4.19. The van der Waals surface area contributed by atoms with Gasteiger partial charge in [0.1, 0.15) is 5.82 Å². The predicted molar refractivity (Wildman–Crippen MR) is 75.3 cm³/mol. The summed E-state index contributed by atoms with van der Waals surface area (Å²) in [5, 5.41) is 0. The number of nitrogens with one attached hydrogen (secondary N) is 1. The molecular formula is C13H11F3N4S. The van der Waals surface area contributed by atoms with Gasteiger partial charge in [-0.25, -0.2) is 15.8 Å². The van der Waals surface area contributed by atoms with Crippen molar-refractivity contribution < 1.29 is 13.2 Å². The standard InChI is InChI=1S/C13H11F3N4S/c14-13(15,16)8-3-1-7(2-4-8)11-18-10-6-21-5-9(10)12(19-11)20-17/h1-4H,5-6,17H2,(H,18,19,20). The van der Waals surface area contributed by atoms with Gasteiger partial charge in [-0.2, -0.15) is 24.9 Å². The van der Waals surface area contributed by atoms with Crippen molar-refractivity contribution in [3.63, 3.8) is 0 Å². The minimum absolute atomic E-state index is 0.373. The van der Waals surface area contributed by atoms with Crippen LogP contribution < -0.4 is 11.3 Å². The lowest BCUT2D eigenvalue weighted by atomic mass is 10.1. The summed E-state index contributed by atoms with van der Waals surface area (Å²) in [7, 11) is 0. The van der Waals surface area contributed by atoms with E-state index in [2.05, 4.69) is 15.4 Å².